The molecule has 1 aliphatic rings. The summed E-state index contributed by atoms with van der Waals surface area (Å²) < 4.78 is 15.2. The molecule has 1 heterocycles. The van der Waals surface area contributed by atoms with E-state index in [1.807, 2.05) is 12.1 Å². The zero-order valence-electron chi connectivity index (χ0n) is 13.1. The molecular weight excluding hydrogens is 286 g/mol. The van der Waals surface area contributed by atoms with Crippen molar-refractivity contribution >= 4 is 11.9 Å². The first-order valence-corrected chi connectivity index (χ1v) is 7.15. The van der Waals surface area contributed by atoms with Crippen molar-refractivity contribution in [2.75, 3.05) is 27.9 Å². The van der Waals surface area contributed by atoms with Gasteiger partial charge in [-0.25, -0.2) is 0 Å². The van der Waals surface area contributed by atoms with Gasteiger partial charge in [-0.2, -0.15) is 0 Å². The van der Waals surface area contributed by atoms with Crippen LogP contribution < -0.4 is 9.47 Å². The Labute approximate surface area is 129 Å². The Morgan fingerprint density at radius 1 is 1.23 bits per heavy atom. The SMILES string of the molecule is COC(=O)C1CCC(=O)N(Cc2ccc(OC)c(OC)c2)C1. The maximum absolute atomic E-state index is 12.1. The van der Waals surface area contributed by atoms with Crippen LogP contribution in [0.2, 0.25) is 0 Å². The molecule has 1 aromatic rings. The Kier molecular flexibility index (Phi) is 5.25. The normalized spacial score (nSPS) is 18.0. The summed E-state index contributed by atoms with van der Waals surface area (Å²) >= 11 is 0. The highest BCUT2D eigenvalue weighted by Gasteiger charge is 2.30. The van der Waals surface area contributed by atoms with Crippen molar-refractivity contribution < 1.29 is 23.8 Å². The van der Waals surface area contributed by atoms with Crippen LogP contribution in [0.1, 0.15) is 18.4 Å². The van der Waals surface area contributed by atoms with Gasteiger partial charge in [0.15, 0.2) is 11.5 Å². The van der Waals surface area contributed by atoms with Crippen molar-refractivity contribution in [3.63, 3.8) is 0 Å². The van der Waals surface area contributed by atoms with Gasteiger partial charge >= 0.3 is 5.97 Å². The van der Waals surface area contributed by atoms with Crippen molar-refractivity contribution in [2.24, 2.45) is 5.92 Å². The standard InChI is InChI=1S/C16H21NO5/c1-20-13-6-4-11(8-14(13)21-2)9-17-10-12(16(19)22-3)5-7-15(17)18/h4,6,8,12H,5,7,9-10H2,1-3H3. The summed E-state index contributed by atoms with van der Waals surface area (Å²) in [5.41, 5.74) is 0.927. The van der Waals surface area contributed by atoms with Crippen molar-refractivity contribution in [2.45, 2.75) is 19.4 Å². The van der Waals surface area contributed by atoms with Crippen LogP contribution in [0.25, 0.3) is 0 Å². The number of piperidine rings is 1. The summed E-state index contributed by atoms with van der Waals surface area (Å²) in [5, 5.41) is 0. The zero-order valence-corrected chi connectivity index (χ0v) is 13.1. The number of methoxy groups -OCH3 is 3. The van der Waals surface area contributed by atoms with E-state index in [1.165, 1.54) is 7.11 Å². The fourth-order valence-electron chi connectivity index (χ4n) is 2.63. The lowest BCUT2D eigenvalue weighted by molar-refractivity contribution is -0.150. The minimum absolute atomic E-state index is 0.0509. The molecule has 1 saturated heterocycles. The number of hydrogen-bond donors (Lipinski definition) is 0. The minimum Gasteiger partial charge on any atom is -0.493 e. The van der Waals surface area contributed by atoms with Crippen LogP contribution >= 0.6 is 0 Å². The third-order valence-corrected chi connectivity index (χ3v) is 3.86. The molecule has 0 saturated carbocycles. The van der Waals surface area contributed by atoms with Crippen molar-refractivity contribution in [3.05, 3.63) is 23.8 Å². The van der Waals surface area contributed by atoms with Crippen molar-refractivity contribution in [1.82, 2.24) is 4.90 Å². The molecule has 1 unspecified atom stereocenters. The minimum atomic E-state index is -0.259. The predicted molar refractivity (Wildman–Crippen MR) is 79.7 cm³/mol. The number of carbonyl (C=O) groups is 2. The summed E-state index contributed by atoms with van der Waals surface area (Å²) in [4.78, 5) is 25.4. The summed E-state index contributed by atoms with van der Waals surface area (Å²) in [6.45, 7) is 0.826. The first-order chi connectivity index (χ1) is 10.6. The third-order valence-electron chi connectivity index (χ3n) is 3.86. The third kappa shape index (κ3) is 3.50. The van der Waals surface area contributed by atoms with Crippen LogP contribution in [0, 0.1) is 5.92 Å². The van der Waals surface area contributed by atoms with Crippen LogP contribution in [0.4, 0.5) is 0 Å². The van der Waals surface area contributed by atoms with Gasteiger partial charge < -0.3 is 19.1 Å². The highest BCUT2D eigenvalue weighted by atomic mass is 16.5. The van der Waals surface area contributed by atoms with E-state index in [1.54, 1.807) is 25.2 Å². The van der Waals surface area contributed by atoms with Crippen LogP contribution in [-0.4, -0.2) is 44.7 Å². The second-order valence-corrected chi connectivity index (χ2v) is 5.22. The van der Waals surface area contributed by atoms with Gasteiger partial charge in [0.1, 0.15) is 0 Å². The summed E-state index contributed by atoms with van der Waals surface area (Å²) in [6, 6.07) is 5.53. The Bertz CT molecular complexity index is 557. The van der Waals surface area contributed by atoms with Crippen LogP contribution in [0.15, 0.2) is 18.2 Å². The molecule has 6 heteroatoms. The van der Waals surface area contributed by atoms with Gasteiger partial charge in [-0.1, -0.05) is 6.07 Å². The second kappa shape index (κ2) is 7.15. The summed E-state index contributed by atoms with van der Waals surface area (Å²) in [7, 11) is 4.52. The van der Waals surface area contributed by atoms with Gasteiger partial charge in [0.25, 0.3) is 0 Å². The first kappa shape index (κ1) is 16.1. The molecule has 0 N–H and O–H groups in total. The van der Waals surface area contributed by atoms with Crippen molar-refractivity contribution in [1.29, 1.82) is 0 Å². The monoisotopic (exact) mass is 307 g/mol. The molecule has 1 aliphatic heterocycles. The van der Waals surface area contributed by atoms with E-state index >= 15 is 0 Å². The van der Waals surface area contributed by atoms with E-state index in [4.69, 9.17) is 14.2 Å². The predicted octanol–water partition coefficient (Wildman–Crippen LogP) is 1.62. The fourth-order valence-corrected chi connectivity index (χ4v) is 2.63. The molecule has 0 radical (unpaired) electrons. The number of nitrogens with zero attached hydrogens (tertiary/aromatic N) is 1. The molecule has 1 aromatic carbocycles. The highest BCUT2D eigenvalue weighted by Crippen LogP contribution is 2.29. The lowest BCUT2D eigenvalue weighted by atomic mass is 9.97. The molecule has 0 bridgehead atoms. The number of rotatable bonds is 5. The smallest absolute Gasteiger partial charge is 0.310 e. The Morgan fingerprint density at radius 3 is 2.59 bits per heavy atom. The largest absolute Gasteiger partial charge is 0.493 e. The molecular formula is C16H21NO5. The quantitative estimate of drug-likeness (QED) is 0.773. The van der Waals surface area contributed by atoms with Gasteiger partial charge in [-0.3, -0.25) is 9.59 Å². The molecule has 1 amide bonds. The van der Waals surface area contributed by atoms with E-state index < -0.39 is 0 Å². The topological polar surface area (TPSA) is 65.1 Å². The Morgan fingerprint density at radius 2 is 1.95 bits per heavy atom. The van der Waals surface area contributed by atoms with E-state index in [-0.39, 0.29) is 17.8 Å². The number of amides is 1. The molecule has 2 rings (SSSR count). The lowest BCUT2D eigenvalue weighted by Gasteiger charge is -2.31. The van der Waals surface area contributed by atoms with Gasteiger partial charge in [0.05, 0.1) is 27.2 Å². The lowest BCUT2D eigenvalue weighted by Crippen LogP contribution is -2.42. The summed E-state index contributed by atoms with van der Waals surface area (Å²) in [5.74, 6) is 0.806. The number of hydrogen-bond acceptors (Lipinski definition) is 5. The molecule has 120 valence electrons. The molecule has 0 aromatic heterocycles. The number of benzene rings is 1. The molecule has 22 heavy (non-hydrogen) atoms. The average molecular weight is 307 g/mol. The Balaban J connectivity index is 2.11. The summed E-state index contributed by atoms with van der Waals surface area (Å²) in [6.07, 6.45) is 0.918. The first-order valence-electron chi connectivity index (χ1n) is 7.15. The maximum atomic E-state index is 12.1. The molecule has 1 atom stereocenters. The number of esters is 1. The van der Waals surface area contributed by atoms with Gasteiger partial charge in [0.2, 0.25) is 5.91 Å². The fraction of sp³-hybridized carbons (Fsp3) is 0.500. The van der Waals surface area contributed by atoms with E-state index in [0.717, 1.165) is 5.56 Å². The molecule has 1 fully saturated rings. The maximum Gasteiger partial charge on any atom is 0.310 e. The second-order valence-electron chi connectivity index (χ2n) is 5.22. The zero-order chi connectivity index (χ0) is 16.1. The Hall–Kier alpha value is -2.24. The van der Waals surface area contributed by atoms with Crippen LogP contribution in [0.5, 0.6) is 11.5 Å². The van der Waals surface area contributed by atoms with E-state index in [2.05, 4.69) is 0 Å². The van der Waals surface area contributed by atoms with Gasteiger partial charge in [-0.15, -0.1) is 0 Å². The number of carbonyl (C=O) groups excluding carboxylic acids is 2. The number of ether oxygens (including phenoxy) is 3. The van der Waals surface area contributed by atoms with Crippen LogP contribution in [-0.2, 0) is 20.9 Å². The average Bonchev–Trinajstić information content (AvgIpc) is 2.55. The molecule has 0 aliphatic carbocycles. The highest BCUT2D eigenvalue weighted by molar-refractivity contribution is 5.81. The van der Waals surface area contributed by atoms with Gasteiger partial charge in [-0.05, 0) is 24.1 Å². The molecule has 6 nitrogen and oxygen atoms in total. The van der Waals surface area contributed by atoms with E-state index in [0.29, 0.717) is 37.4 Å². The number of likely N-dealkylation sites (tertiary alicyclic amines) is 1. The van der Waals surface area contributed by atoms with Crippen molar-refractivity contribution in [3.8, 4) is 11.5 Å². The van der Waals surface area contributed by atoms with Gasteiger partial charge in [0, 0.05) is 19.5 Å². The molecule has 0 spiro atoms. The van der Waals surface area contributed by atoms with Crippen LogP contribution in [0.3, 0.4) is 0 Å². The van der Waals surface area contributed by atoms with E-state index in [9.17, 15) is 9.59 Å².